The molecule has 0 aromatic heterocycles. The standard InChI is InChI=1S/C21H23NO4/c23-21(24)17-6-4-16(5-7-17)18-2-1-9-22(14-18)13-15-3-8-19-20(12-15)26-11-10-25-19/h3-8,12,18H,1-2,9-11,13-14H2,(H,23,24)/t18-/m1/s1. The normalized spacial score (nSPS) is 19.9. The number of ether oxygens (including phenoxy) is 2. The first kappa shape index (κ1) is 16.9. The minimum absolute atomic E-state index is 0.345. The van der Waals surface area contributed by atoms with Crippen LogP contribution in [0.1, 0.15) is 40.2 Å². The van der Waals surface area contributed by atoms with Crippen molar-refractivity contribution in [2.45, 2.75) is 25.3 Å². The topological polar surface area (TPSA) is 59.0 Å². The number of carbonyl (C=O) groups is 1. The Labute approximate surface area is 153 Å². The zero-order chi connectivity index (χ0) is 17.9. The Kier molecular flexibility index (Phi) is 4.80. The van der Waals surface area contributed by atoms with E-state index in [1.807, 2.05) is 18.2 Å². The Morgan fingerprint density at radius 2 is 1.85 bits per heavy atom. The van der Waals surface area contributed by atoms with E-state index >= 15 is 0 Å². The molecule has 4 rings (SSSR count). The number of hydrogen-bond acceptors (Lipinski definition) is 4. The number of piperidine rings is 1. The summed E-state index contributed by atoms with van der Waals surface area (Å²) in [6, 6.07) is 13.5. The highest BCUT2D eigenvalue weighted by Gasteiger charge is 2.22. The second-order valence-electron chi connectivity index (χ2n) is 6.98. The highest BCUT2D eigenvalue weighted by atomic mass is 16.6. The lowest BCUT2D eigenvalue weighted by Gasteiger charge is -2.33. The number of hydrogen-bond donors (Lipinski definition) is 1. The molecule has 2 aliphatic rings. The predicted molar refractivity (Wildman–Crippen MR) is 98.1 cm³/mol. The van der Waals surface area contributed by atoms with Gasteiger partial charge in [0.1, 0.15) is 13.2 Å². The molecule has 1 fully saturated rings. The molecule has 26 heavy (non-hydrogen) atoms. The monoisotopic (exact) mass is 353 g/mol. The molecule has 1 atom stereocenters. The minimum Gasteiger partial charge on any atom is -0.486 e. The maximum Gasteiger partial charge on any atom is 0.335 e. The second-order valence-corrected chi connectivity index (χ2v) is 6.98. The first-order valence-corrected chi connectivity index (χ1v) is 9.13. The third-order valence-corrected chi connectivity index (χ3v) is 5.15. The number of likely N-dealkylation sites (tertiary alicyclic amines) is 1. The van der Waals surface area contributed by atoms with Crippen LogP contribution in [0.3, 0.4) is 0 Å². The van der Waals surface area contributed by atoms with E-state index in [0.717, 1.165) is 44.0 Å². The van der Waals surface area contributed by atoms with Gasteiger partial charge in [0.2, 0.25) is 0 Å². The first-order valence-electron chi connectivity index (χ1n) is 9.13. The van der Waals surface area contributed by atoms with Gasteiger partial charge in [-0.15, -0.1) is 0 Å². The summed E-state index contributed by atoms with van der Waals surface area (Å²) in [5, 5.41) is 9.05. The average molecular weight is 353 g/mol. The third kappa shape index (κ3) is 3.68. The minimum atomic E-state index is -0.875. The van der Waals surface area contributed by atoms with Crippen molar-refractivity contribution in [2.24, 2.45) is 0 Å². The van der Waals surface area contributed by atoms with Crippen molar-refractivity contribution < 1.29 is 19.4 Å². The zero-order valence-electron chi connectivity index (χ0n) is 14.7. The predicted octanol–water partition coefficient (Wildman–Crippen LogP) is 3.54. The molecule has 5 heteroatoms. The van der Waals surface area contributed by atoms with E-state index < -0.39 is 5.97 Å². The smallest absolute Gasteiger partial charge is 0.335 e. The molecular formula is C21H23NO4. The lowest BCUT2D eigenvalue weighted by Crippen LogP contribution is -2.33. The number of rotatable bonds is 4. The van der Waals surface area contributed by atoms with Crippen molar-refractivity contribution in [1.29, 1.82) is 0 Å². The summed E-state index contributed by atoms with van der Waals surface area (Å²) in [6.07, 6.45) is 2.29. The Morgan fingerprint density at radius 3 is 2.62 bits per heavy atom. The number of carboxylic acid groups (broad SMARTS) is 1. The van der Waals surface area contributed by atoms with Gasteiger partial charge in [0.25, 0.3) is 0 Å². The average Bonchev–Trinajstić information content (AvgIpc) is 2.68. The van der Waals surface area contributed by atoms with Gasteiger partial charge in [0.15, 0.2) is 11.5 Å². The molecule has 5 nitrogen and oxygen atoms in total. The molecular weight excluding hydrogens is 330 g/mol. The highest BCUT2D eigenvalue weighted by Crippen LogP contribution is 2.32. The molecule has 136 valence electrons. The number of nitrogens with zero attached hydrogens (tertiary/aromatic N) is 1. The molecule has 1 N–H and O–H groups in total. The molecule has 2 heterocycles. The molecule has 0 aliphatic carbocycles. The van der Waals surface area contributed by atoms with Crippen molar-refractivity contribution in [1.82, 2.24) is 4.90 Å². The summed E-state index contributed by atoms with van der Waals surface area (Å²) in [4.78, 5) is 13.5. The molecule has 2 aromatic carbocycles. The van der Waals surface area contributed by atoms with Gasteiger partial charge in [-0.05, 0) is 60.7 Å². The molecule has 0 amide bonds. The Hall–Kier alpha value is -2.53. The number of aromatic carboxylic acids is 1. The van der Waals surface area contributed by atoms with Crippen LogP contribution in [0, 0.1) is 0 Å². The molecule has 2 aliphatic heterocycles. The summed E-state index contributed by atoms with van der Waals surface area (Å²) in [5.41, 5.74) is 2.80. The Morgan fingerprint density at radius 1 is 1.08 bits per heavy atom. The maximum atomic E-state index is 11.0. The molecule has 1 saturated heterocycles. The van der Waals surface area contributed by atoms with E-state index in [1.165, 1.54) is 11.1 Å². The summed E-state index contributed by atoms with van der Waals surface area (Å²) >= 11 is 0. The molecule has 0 saturated carbocycles. The number of benzene rings is 2. The molecule has 0 radical (unpaired) electrons. The van der Waals surface area contributed by atoms with Crippen LogP contribution in [0.4, 0.5) is 0 Å². The van der Waals surface area contributed by atoms with Crippen LogP contribution in [0.2, 0.25) is 0 Å². The van der Waals surface area contributed by atoms with Crippen molar-refractivity contribution in [3.8, 4) is 11.5 Å². The van der Waals surface area contributed by atoms with Gasteiger partial charge in [-0.2, -0.15) is 0 Å². The fourth-order valence-electron chi connectivity index (χ4n) is 3.81. The van der Waals surface area contributed by atoms with Crippen LogP contribution < -0.4 is 9.47 Å². The lowest BCUT2D eigenvalue weighted by molar-refractivity contribution is 0.0697. The van der Waals surface area contributed by atoms with E-state index in [-0.39, 0.29) is 0 Å². The first-order chi connectivity index (χ1) is 12.7. The Balaban J connectivity index is 1.42. The molecule has 0 bridgehead atoms. The van der Waals surface area contributed by atoms with Crippen LogP contribution in [-0.4, -0.2) is 42.3 Å². The van der Waals surface area contributed by atoms with Crippen molar-refractivity contribution in [3.05, 3.63) is 59.2 Å². The van der Waals surface area contributed by atoms with E-state index in [4.69, 9.17) is 14.6 Å². The zero-order valence-corrected chi connectivity index (χ0v) is 14.7. The van der Waals surface area contributed by atoms with Gasteiger partial charge >= 0.3 is 5.97 Å². The molecule has 2 aromatic rings. The number of carboxylic acids is 1. The van der Waals surface area contributed by atoms with E-state index in [9.17, 15) is 4.79 Å². The van der Waals surface area contributed by atoms with E-state index in [2.05, 4.69) is 17.0 Å². The fourth-order valence-corrected chi connectivity index (χ4v) is 3.81. The maximum absolute atomic E-state index is 11.0. The lowest BCUT2D eigenvalue weighted by atomic mass is 9.90. The number of fused-ring (bicyclic) bond motifs is 1. The van der Waals surface area contributed by atoms with Gasteiger partial charge in [0, 0.05) is 13.1 Å². The molecule has 0 spiro atoms. The van der Waals surface area contributed by atoms with Crippen LogP contribution in [0.5, 0.6) is 11.5 Å². The van der Waals surface area contributed by atoms with Crippen molar-refractivity contribution >= 4 is 5.97 Å². The largest absolute Gasteiger partial charge is 0.486 e. The van der Waals surface area contributed by atoms with Gasteiger partial charge in [-0.3, -0.25) is 4.90 Å². The quantitative estimate of drug-likeness (QED) is 0.911. The summed E-state index contributed by atoms with van der Waals surface area (Å²) in [7, 11) is 0. The van der Waals surface area contributed by atoms with Gasteiger partial charge in [0.05, 0.1) is 5.56 Å². The molecule has 0 unspecified atom stereocenters. The van der Waals surface area contributed by atoms with E-state index in [0.29, 0.717) is 24.7 Å². The fraction of sp³-hybridized carbons (Fsp3) is 0.381. The summed E-state index contributed by atoms with van der Waals surface area (Å²) in [6.45, 7) is 4.18. The van der Waals surface area contributed by atoms with E-state index in [1.54, 1.807) is 12.1 Å². The van der Waals surface area contributed by atoms with Crippen LogP contribution in [-0.2, 0) is 6.54 Å². The second kappa shape index (κ2) is 7.38. The Bertz CT molecular complexity index is 787. The van der Waals surface area contributed by atoms with Crippen LogP contribution in [0.15, 0.2) is 42.5 Å². The SMILES string of the molecule is O=C(O)c1ccc([C@@H]2CCCN(Cc3ccc4c(c3)OCCO4)C2)cc1. The van der Waals surface area contributed by atoms with Crippen molar-refractivity contribution in [2.75, 3.05) is 26.3 Å². The van der Waals surface area contributed by atoms with Gasteiger partial charge in [-0.1, -0.05) is 18.2 Å². The van der Waals surface area contributed by atoms with Crippen molar-refractivity contribution in [3.63, 3.8) is 0 Å². The van der Waals surface area contributed by atoms with Gasteiger partial charge in [-0.25, -0.2) is 4.79 Å². The highest BCUT2D eigenvalue weighted by molar-refractivity contribution is 5.87. The van der Waals surface area contributed by atoms with Crippen LogP contribution in [0.25, 0.3) is 0 Å². The summed E-state index contributed by atoms with van der Waals surface area (Å²) in [5.74, 6) is 1.24. The van der Waals surface area contributed by atoms with Crippen LogP contribution >= 0.6 is 0 Å². The van der Waals surface area contributed by atoms with Gasteiger partial charge < -0.3 is 14.6 Å². The summed E-state index contributed by atoms with van der Waals surface area (Å²) < 4.78 is 11.3. The third-order valence-electron chi connectivity index (χ3n) is 5.15.